The molecule has 1 saturated carbocycles. The Balaban J connectivity index is 1.64. The monoisotopic (exact) mass is 285 g/mol. The van der Waals surface area contributed by atoms with Gasteiger partial charge in [0.2, 0.25) is 5.91 Å². The van der Waals surface area contributed by atoms with Crippen molar-refractivity contribution in [3.8, 4) is 0 Å². The first-order valence-electron chi connectivity index (χ1n) is 7.41. The Kier molecular flexibility index (Phi) is 5.98. The summed E-state index contributed by atoms with van der Waals surface area (Å²) < 4.78 is 0. The Morgan fingerprint density at radius 3 is 2.37 bits per heavy atom. The Morgan fingerprint density at radius 1 is 1.16 bits per heavy atom. The van der Waals surface area contributed by atoms with Gasteiger partial charge in [0.25, 0.3) is 0 Å². The summed E-state index contributed by atoms with van der Waals surface area (Å²) >= 11 is 1.99. The molecule has 1 aliphatic heterocycles. The molecule has 1 saturated heterocycles. The molecular weight excluding hydrogens is 258 g/mol. The predicted molar refractivity (Wildman–Crippen MR) is 81.6 cm³/mol. The van der Waals surface area contributed by atoms with E-state index in [0.717, 1.165) is 31.4 Å². The minimum atomic E-state index is 0.278. The maximum absolute atomic E-state index is 12.1. The lowest BCUT2D eigenvalue weighted by atomic mass is 9.95. The smallest absolute Gasteiger partial charge is 0.236 e. The molecule has 2 rings (SSSR count). The number of likely N-dealkylation sites (N-methyl/N-ethyl adjacent to an activating group) is 1. The third-order valence-electron chi connectivity index (χ3n) is 4.41. The van der Waals surface area contributed by atoms with Gasteiger partial charge in [0.15, 0.2) is 0 Å². The van der Waals surface area contributed by atoms with Crippen LogP contribution in [0.15, 0.2) is 0 Å². The Morgan fingerprint density at radius 2 is 1.79 bits per heavy atom. The van der Waals surface area contributed by atoms with Crippen LogP contribution in [0.2, 0.25) is 0 Å². The van der Waals surface area contributed by atoms with Crippen LogP contribution < -0.4 is 5.32 Å². The third-order valence-corrected chi connectivity index (χ3v) is 5.54. The highest BCUT2D eigenvalue weighted by Crippen LogP contribution is 2.26. The van der Waals surface area contributed by atoms with E-state index in [1.807, 2.05) is 16.7 Å². The van der Waals surface area contributed by atoms with Crippen LogP contribution in [0, 0.1) is 0 Å². The lowest BCUT2D eigenvalue weighted by Gasteiger charge is -2.33. The van der Waals surface area contributed by atoms with Gasteiger partial charge in [-0.15, -0.1) is 0 Å². The molecule has 19 heavy (non-hydrogen) atoms. The number of nitrogens with zero attached hydrogens (tertiary/aromatic N) is 2. The van der Waals surface area contributed by atoms with Crippen LogP contribution in [0.25, 0.3) is 0 Å². The molecule has 0 aromatic carbocycles. The molecule has 0 spiro atoms. The van der Waals surface area contributed by atoms with E-state index in [-0.39, 0.29) is 5.91 Å². The van der Waals surface area contributed by atoms with Crippen LogP contribution in [-0.2, 0) is 4.79 Å². The molecule has 0 aromatic heterocycles. The number of amides is 1. The van der Waals surface area contributed by atoms with Crippen LogP contribution in [0.3, 0.4) is 0 Å². The number of carbonyl (C=O) groups is 1. The second kappa shape index (κ2) is 7.50. The van der Waals surface area contributed by atoms with Crippen molar-refractivity contribution in [3.63, 3.8) is 0 Å². The van der Waals surface area contributed by atoms with E-state index in [1.54, 1.807) is 0 Å². The first-order valence-corrected chi connectivity index (χ1v) is 8.70. The first-order chi connectivity index (χ1) is 9.19. The van der Waals surface area contributed by atoms with Gasteiger partial charge in [0, 0.05) is 37.5 Å². The average Bonchev–Trinajstić information content (AvgIpc) is 2.46. The van der Waals surface area contributed by atoms with Crippen molar-refractivity contribution in [2.75, 3.05) is 46.0 Å². The van der Waals surface area contributed by atoms with E-state index in [4.69, 9.17) is 0 Å². The topological polar surface area (TPSA) is 35.6 Å². The number of hydrogen-bond donors (Lipinski definition) is 1. The summed E-state index contributed by atoms with van der Waals surface area (Å²) in [6, 6.07) is 0.555. The average molecular weight is 285 g/mol. The van der Waals surface area contributed by atoms with Gasteiger partial charge in [0.1, 0.15) is 0 Å². The molecule has 1 N–H and O–H groups in total. The van der Waals surface area contributed by atoms with Crippen molar-refractivity contribution in [1.29, 1.82) is 0 Å². The van der Waals surface area contributed by atoms with E-state index in [1.165, 1.54) is 25.7 Å². The second-order valence-corrected chi connectivity index (χ2v) is 6.91. The number of hydrogen-bond acceptors (Lipinski definition) is 4. The lowest BCUT2D eigenvalue weighted by molar-refractivity contribution is -0.131. The molecule has 110 valence electrons. The Hall–Kier alpha value is -0.260. The molecule has 4 nitrogen and oxygen atoms in total. The summed E-state index contributed by atoms with van der Waals surface area (Å²) in [5.74, 6) is 0.278. The number of thioether (sulfide) groups is 1. The van der Waals surface area contributed by atoms with Crippen molar-refractivity contribution in [1.82, 2.24) is 15.1 Å². The van der Waals surface area contributed by atoms with E-state index in [0.29, 0.717) is 12.6 Å². The maximum atomic E-state index is 12.1. The largest absolute Gasteiger partial charge is 0.339 e. The fraction of sp³-hybridized carbons (Fsp3) is 0.929. The van der Waals surface area contributed by atoms with Gasteiger partial charge >= 0.3 is 0 Å². The zero-order valence-electron chi connectivity index (χ0n) is 12.2. The molecule has 1 amide bonds. The fourth-order valence-electron chi connectivity index (χ4n) is 2.90. The summed E-state index contributed by atoms with van der Waals surface area (Å²) in [7, 11) is 2.12. The van der Waals surface area contributed by atoms with E-state index in [9.17, 15) is 4.79 Å². The SMILES string of the molecule is CSC1CCC(NCC(=O)N2CCN(C)CC2)CC1. The van der Waals surface area contributed by atoms with Crippen LogP contribution in [-0.4, -0.2) is 73.0 Å². The number of piperazine rings is 1. The standard InChI is InChI=1S/C14H27N3OS/c1-16-7-9-17(10-8-16)14(18)11-15-12-3-5-13(19-2)6-4-12/h12-13,15H,3-11H2,1-2H3. The molecule has 2 aliphatic rings. The van der Waals surface area contributed by atoms with E-state index in [2.05, 4.69) is 23.5 Å². The molecule has 0 unspecified atom stereocenters. The number of nitrogens with one attached hydrogen (secondary N) is 1. The molecular formula is C14H27N3OS. The summed E-state index contributed by atoms with van der Waals surface area (Å²) in [6.45, 7) is 4.31. The molecule has 0 atom stereocenters. The van der Waals surface area contributed by atoms with Gasteiger partial charge in [-0.3, -0.25) is 4.79 Å². The van der Waals surface area contributed by atoms with Gasteiger partial charge in [-0.25, -0.2) is 0 Å². The van der Waals surface area contributed by atoms with Gasteiger partial charge < -0.3 is 15.1 Å². The third kappa shape index (κ3) is 4.65. The van der Waals surface area contributed by atoms with Crippen molar-refractivity contribution in [3.05, 3.63) is 0 Å². The summed E-state index contributed by atoms with van der Waals surface area (Å²) in [6.07, 6.45) is 7.24. The first kappa shape index (κ1) is 15.1. The highest BCUT2D eigenvalue weighted by Gasteiger charge is 2.22. The maximum Gasteiger partial charge on any atom is 0.236 e. The molecule has 1 aliphatic carbocycles. The van der Waals surface area contributed by atoms with Crippen LogP contribution in [0.5, 0.6) is 0 Å². The molecule has 0 bridgehead atoms. The van der Waals surface area contributed by atoms with Crippen molar-refractivity contribution >= 4 is 17.7 Å². The van der Waals surface area contributed by atoms with E-state index < -0.39 is 0 Å². The molecule has 0 radical (unpaired) electrons. The highest BCUT2D eigenvalue weighted by molar-refractivity contribution is 7.99. The van der Waals surface area contributed by atoms with Gasteiger partial charge in [-0.05, 0) is 39.0 Å². The molecule has 5 heteroatoms. The summed E-state index contributed by atoms with van der Waals surface area (Å²) in [4.78, 5) is 16.4. The molecule has 2 fully saturated rings. The summed E-state index contributed by atoms with van der Waals surface area (Å²) in [5, 5.41) is 4.30. The number of carbonyl (C=O) groups excluding carboxylic acids is 1. The minimum absolute atomic E-state index is 0.278. The zero-order valence-corrected chi connectivity index (χ0v) is 13.0. The Labute approximate surface area is 121 Å². The predicted octanol–water partition coefficient (Wildman–Crippen LogP) is 1.02. The minimum Gasteiger partial charge on any atom is -0.339 e. The van der Waals surface area contributed by atoms with Crippen molar-refractivity contribution in [2.45, 2.75) is 37.0 Å². The highest BCUT2D eigenvalue weighted by atomic mass is 32.2. The lowest BCUT2D eigenvalue weighted by Crippen LogP contribution is -2.50. The van der Waals surface area contributed by atoms with E-state index >= 15 is 0 Å². The van der Waals surface area contributed by atoms with Crippen LogP contribution in [0.1, 0.15) is 25.7 Å². The molecule has 0 aromatic rings. The normalized spacial score (nSPS) is 29.5. The zero-order chi connectivity index (χ0) is 13.7. The Bertz CT molecular complexity index is 284. The quantitative estimate of drug-likeness (QED) is 0.837. The van der Waals surface area contributed by atoms with Gasteiger partial charge in [-0.1, -0.05) is 0 Å². The summed E-state index contributed by atoms with van der Waals surface area (Å²) in [5.41, 5.74) is 0. The van der Waals surface area contributed by atoms with Gasteiger partial charge in [-0.2, -0.15) is 11.8 Å². The second-order valence-electron chi connectivity index (χ2n) is 5.77. The fourth-order valence-corrected chi connectivity index (χ4v) is 3.65. The van der Waals surface area contributed by atoms with Crippen molar-refractivity contribution < 1.29 is 4.79 Å². The molecule has 1 heterocycles. The van der Waals surface area contributed by atoms with Crippen molar-refractivity contribution in [2.24, 2.45) is 0 Å². The van der Waals surface area contributed by atoms with Crippen LogP contribution >= 0.6 is 11.8 Å². The van der Waals surface area contributed by atoms with Crippen LogP contribution in [0.4, 0.5) is 0 Å². The number of rotatable bonds is 4. The van der Waals surface area contributed by atoms with Gasteiger partial charge in [0.05, 0.1) is 6.54 Å².